The second kappa shape index (κ2) is 6.89. The van der Waals surface area contributed by atoms with Crippen LogP contribution in [-0.2, 0) is 11.8 Å². The van der Waals surface area contributed by atoms with Gasteiger partial charge in [0.25, 0.3) is 0 Å². The minimum Gasteiger partial charge on any atom is -0.394 e. The van der Waals surface area contributed by atoms with Gasteiger partial charge in [0, 0.05) is 12.2 Å². The molecule has 0 saturated carbocycles. The van der Waals surface area contributed by atoms with Crippen LogP contribution in [0, 0.1) is 0 Å². The van der Waals surface area contributed by atoms with Crippen LogP contribution >= 0.6 is 0 Å². The number of fused-ring (bicyclic) bond motifs is 1. The molecule has 4 heteroatoms. The molecule has 0 radical (unpaired) electrons. The van der Waals surface area contributed by atoms with Gasteiger partial charge in [0.15, 0.2) is 0 Å². The van der Waals surface area contributed by atoms with Gasteiger partial charge in [0.1, 0.15) is 0 Å². The molecule has 0 saturated heterocycles. The highest BCUT2D eigenvalue weighted by atomic mass is 16.3. The zero-order chi connectivity index (χ0) is 18.0. The smallest absolute Gasteiger partial charge is 0.322 e. The lowest BCUT2D eigenvalue weighted by Gasteiger charge is -2.36. The molecule has 3 rings (SSSR count). The van der Waals surface area contributed by atoms with Gasteiger partial charge in [-0.15, -0.1) is 0 Å². The van der Waals surface area contributed by atoms with E-state index in [1.54, 1.807) is 4.90 Å². The Morgan fingerprint density at radius 2 is 1.84 bits per heavy atom. The quantitative estimate of drug-likeness (QED) is 0.866. The Hall–Kier alpha value is -2.33. The summed E-state index contributed by atoms with van der Waals surface area (Å²) < 4.78 is 0. The molecule has 132 valence electrons. The van der Waals surface area contributed by atoms with Gasteiger partial charge >= 0.3 is 6.03 Å². The van der Waals surface area contributed by atoms with Gasteiger partial charge in [-0.05, 0) is 40.7 Å². The molecule has 2 amide bonds. The van der Waals surface area contributed by atoms with Crippen LogP contribution in [0.1, 0.15) is 43.5 Å². The molecule has 4 nitrogen and oxygen atoms in total. The first kappa shape index (κ1) is 17.5. The van der Waals surface area contributed by atoms with Crippen LogP contribution in [0.5, 0.6) is 0 Å². The second-order valence-corrected chi connectivity index (χ2v) is 7.60. The van der Waals surface area contributed by atoms with Crippen molar-refractivity contribution in [3.63, 3.8) is 0 Å². The Morgan fingerprint density at radius 1 is 1.16 bits per heavy atom. The molecular formula is C21H26N2O2. The number of hydrogen-bond acceptors (Lipinski definition) is 2. The molecule has 0 spiro atoms. The molecule has 1 atom stereocenters. The van der Waals surface area contributed by atoms with Crippen molar-refractivity contribution in [3.8, 4) is 0 Å². The highest BCUT2D eigenvalue weighted by molar-refractivity contribution is 5.89. The van der Waals surface area contributed by atoms with Crippen LogP contribution in [-0.4, -0.2) is 29.2 Å². The number of anilines is 1. The van der Waals surface area contributed by atoms with Crippen molar-refractivity contribution >= 4 is 11.7 Å². The molecule has 1 aliphatic rings. The van der Waals surface area contributed by atoms with Crippen molar-refractivity contribution in [2.45, 2.75) is 38.6 Å². The van der Waals surface area contributed by atoms with Crippen molar-refractivity contribution in [1.82, 2.24) is 4.90 Å². The molecule has 2 aromatic rings. The maximum Gasteiger partial charge on any atom is 0.322 e. The molecule has 0 unspecified atom stereocenters. The molecule has 0 fully saturated rings. The van der Waals surface area contributed by atoms with Crippen LogP contribution in [0.4, 0.5) is 10.5 Å². The molecule has 2 aromatic carbocycles. The summed E-state index contributed by atoms with van der Waals surface area (Å²) in [5, 5.41) is 12.8. The number of nitrogens with zero attached hydrogens (tertiary/aromatic N) is 1. The van der Waals surface area contributed by atoms with Crippen LogP contribution in [0.25, 0.3) is 0 Å². The predicted octanol–water partition coefficient (Wildman–Crippen LogP) is 4.11. The number of carbonyl (C=O) groups excluding carboxylic acids is 1. The van der Waals surface area contributed by atoms with Gasteiger partial charge in [-0.3, -0.25) is 0 Å². The maximum absolute atomic E-state index is 12.7. The third-order valence-electron chi connectivity index (χ3n) is 4.85. The zero-order valence-corrected chi connectivity index (χ0v) is 15.1. The minimum absolute atomic E-state index is 0.0760. The fraction of sp³-hybridized carbons (Fsp3) is 0.381. The number of benzene rings is 2. The van der Waals surface area contributed by atoms with Crippen LogP contribution in [0.2, 0.25) is 0 Å². The lowest BCUT2D eigenvalue weighted by Crippen LogP contribution is -2.43. The normalized spacial score (nSPS) is 17.1. The van der Waals surface area contributed by atoms with Gasteiger partial charge in [-0.2, -0.15) is 0 Å². The molecule has 0 aromatic heterocycles. The van der Waals surface area contributed by atoms with E-state index in [0.717, 1.165) is 17.7 Å². The first-order valence-corrected chi connectivity index (χ1v) is 8.77. The first-order chi connectivity index (χ1) is 11.9. The van der Waals surface area contributed by atoms with Crippen LogP contribution in [0.3, 0.4) is 0 Å². The van der Waals surface area contributed by atoms with E-state index >= 15 is 0 Å². The van der Waals surface area contributed by atoms with Crippen molar-refractivity contribution in [1.29, 1.82) is 0 Å². The van der Waals surface area contributed by atoms with Crippen molar-refractivity contribution in [2.24, 2.45) is 0 Å². The molecule has 1 aliphatic heterocycles. The lowest BCUT2D eigenvalue weighted by atomic mass is 9.87. The SMILES string of the molecule is CC(C)(C)c1ccc(NC(=O)N2CCc3ccccc3[C@@H]2CO)cc1. The van der Waals surface area contributed by atoms with E-state index in [2.05, 4.69) is 32.2 Å². The topological polar surface area (TPSA) is 52.6 Å². The summed E-state index contributed by atoms with van der Waals surface area (Å²) in [6.07, 6.45) is 0.809. The summed E-state index contributed by atoms with van der Waals surface area (Å²) in [7, 11) is 0. The highest BCUT2D eigenvalue weighted by Crippen LogP contribution is 2.30. The molecular weight excluding hydrogens is 312 g/mol. The number of aliphatic hydroxyl groups excluding tert-OH is 1. The molecule has 0 bridgehead atoms. The Kier molecular flexibility index (Phi) is 4.82. The summed E-state index contributed by atoms with van der Waals surface area (Å²) in [5.74, 6) is 0. The first-order valence-electron chi connectivity index (χ1n) is 8.77. The van der Waals surface area contributed by atoms with Gasteiger partial charge in [0.2, 0.25) is 0 Å². The van der Waals surface area contributed by atoms with Crippen LogP contribution < -0.4 is 5.32 Å². The van der Waals surface area contributed by atoms with E-state index in [1.807, 2.05) is 42.5 Å². The summed E-state index contributed by atoms with van der Waals surface area (Å²) >= 11 is 0. The number of amides is 2. The van der Waals surface area contributed by atoms with E-state index in [1.165, 1.54) is 11.1 Å². The second-order valence-electron chi connectivity index (χ2n) is 7.60. The molecule has 0 aliphatic carbocycles. The van der Waals surface area contributed by atoms with Crippen molar-refractivity contribution < 1.29 is 9.90 Å². The number of nitrogens with one attached hydrogen (secondary N) is 1. The maximum atomic E-state index is 12.7. The lowest BCUT2D eigenvalue weighted by molar-refractivity contribution is 0.135. The monoisotopic (exact) mass is 338 g/mol. The number of aliphatic hydroxyl groups is 1. The number of rotatable bonds is 2. The number of hydrogen-bond donors (Lipinski definition) is 2. The van der Waals surface area contributed by atoms with E-state index in [9.17, 15) is 9.90 Å². The van der Waals surface area contributed by atoms with E-state index < -0.39 is 0 Å². The summed E-state index contributed by atoms with van der Waals surface area (Å²) in [5.41, 5.74) is 4.33. The van der Waals surface area contributed by atoms with Crippen molar-refractivity contribution in [3.05, 3.63) is 65.2 Å². The molecule has 1 heterocycles. The van der Waals surface area contributed by atoms with E-state index in [0.29, 0.717) is 6.54 Å². The molecule has 25 heavy (non-hydrogen) atoms. The summed E-state index contributed by atoms with van der Waals surface area (Å²) in [4.78, 5) is 14.5. The Labute approximate surface area is 149 Å². The van der Waals surface area contributed by atoms with Crippen LogP contribution in [0.15, 0.2) is 48.5 Å². The minimum atomic E-state index is -0.293. The van der Waals surface area contributed by atoms with Gasteiger partial charge in [0.05, 0.1) is 12.6 Å². The van der Waals surface area contributed by atoms with E-state index in [-0.39, 0.29) is 24.1 Å². The third-order valence-corrected chi connectivity index (χ3v) is 4.85. The standard InChI is InChI=1S/C21H26N2O2/c1-21(2,3)16-8-10-17(11-9-16)22-20(25)23-13-12-15-6-4-5-7-18(15)19(23)14-24/h4-11,19,24H,12-14H2,1-3H3,(H,22,25)/t19-/m0/s1. The average molecular weight is 338 g/mol. The van der Waals surface area contributed by atoms with Gasteiger partial charge < -0.3 is 15.3 Å². The van der Waals surface area contributed by atoms with Gasteiger partial charge in [-0.25, -0.2) is 4.79 Å². The van der Waals surface area contributed by atoms with Gasteiger partial charge in [-0.1, -0.05) is 57.2 Å². The highest BCUT2D eigenvalue weighted by Gasteiger charge is 2.30. The average Bonchev–Trinajstić information content (AvgIpc) is 2.60. The summed E-state index contributed by atoms with van der Waals surface area (Å²) in [6.45, 7) is 7.02. The largest absolute Gasteiger partial charge is 0.394 e. The Balaban J connectivity index is 1.75. The van der Waals surface area contributed by atoms with Crippen molar-refractivity contribution in [2.75, 3.05) is 18.5 Å². The Morgan fingerprint density at radius 3 is 2.48 bits per heavy atom. The predicted molar refractivity (Wildman–Crippen MR) is 101 cm³/mol. The third kappa shape index (κ3) is 3.69. The fourth-order valence-electron chi connectivity index (χ4n) is 3.34. The number of urea groups is 1. The number of carbonyl (C=O) groups is 1. The van der Waals surface area contributed by atoms with E-state index in [4.69, 9.17) is 0 Å². The zero-order valence-electron chi connectivity index (χ0n) is 15.1. The Bertz CT molecular complexity index is 747. The summed E-state index contributed by atoms with van der Waals surface area (Å²) in [6, 6.07) is 15.5. The molecule has 2 N–H and O–H groups in total. The fourth-order valence-corrected chi connectivity index (χ4v) is 3.34.